The number of carbonyl (C=O) groups is 1. The zero-order valence-electron chi connectivity index (χ0n) is 13.9. The lowest BCUT2D eigenvalue weighted by Crippen LogP contribution is -2.38. The van der Waals surface area contributed by atoms with E-state index >= 15 is 0 Å². The average Bonchev–Trinajstić information content (AvgIpc) is 3.19. The van der Waals surface area contributed by atoms with Crippen LogP contribution in [0, 0.1) is 0 Å². The molecule has 0 saturated heterocycles. The first-order valence-corrected chi connectivity index (χ1v) is 8.72. The van der Waals surface area contributed by atoms with Crippen LogP contribution in [0.4, 0.5) is 6.01 Å². The zero-order valence-corrected chi connectivity index (χ0v) is 13.9. The first-order chi connectivity index (χ1) is 12.2. The van der Waals surface area contributed by atoms with Crippen LogP contribution in [-0.2, 0) is 25.9 Å². The summed E-state index contributed by atoms with van der Waals surface area (Å²) in [6.07, 6.45) is 4.54. The number of rotatable bonds is 1. The highest BCUT2D eigenvalue weighted by Gasteiger charge is 2.29. The molecule has 2 aromatic heterocycles. The van der Waals surface area contributed by atoms with Gasteiger partial charge in [0.1, 0.15) is 5.52 Å². The molecule has 2 N–H and O–H groups in total. The number of aromatic nitrogens is 3. The van der Waals surface area contributed by atoms with Crippen LogP contribution in [0.3, 0.4) is 0 Å². The number of benzene rings is 1. The number of carbonyl (C=O) groups excluding carboxylic acids is 1. The Balaban J connectivity index is 1.50. The molecule has 0 bridgehead atoms. The number of anilines is 1. The van der Waals surface area contributed by atoms with Crippen molar-refractivity contribution in [2.75, 3.05) is 12.3 Å². The van der Waals surface area contributed by atoms with Gasteiger partial charge in [0.25, 0.3) is 11.9 Å². The van der Waals surface area contributed by atoms with E-state index in [9.17, 15) is 4.79 Å². The monoisotopic (exact) mass is 337 g/mol. The van der Waals surface area contributed by atoms with E-state index in [0.29, 0.717) is 29.8 Å². The van der Waals surface area contributed by atoms with Crippen molar-refractivity contribution in [1.82, 2.24) is 19.7 Å². The minimum absolute atomic E-state index is 0.0428. The summed E-state index contributed by atoms with van der Waals surface area (Å²) in [4.78, 5) is 19.1. The molecule has 7 nitrogen and oxygen atoms in total. The van der Waals surface area contributed by atoms with Crippen molar-refractivity contribution in [3.8, 4) is 0 Å². The minimum atomic E-state index is -0.0428. The first kappa shape index (κ1) is 14.5. The number of nitrogens with zero attached hydrogens (tertiary/aromatic N) is 4. The summed E-state index contributed by atoms with van der Waals surface area (Å²) in [5.74, 6) is -0.0428. The Kier molecular flexibility index (Phi) is 3.10. The van der Waals surface area contributed by atoms with E-state index in [2.05, 4.69) is 9.67 Å². The number of nitrogen functional groups attached to an aromatic ring is 1. The molecule has 1 aliphatic heterocycles. The molecule has 3 aromatic rings. The molecule has 0 unspecified atom stereocenters. The maximum atomic E-state index is 13.1. The topological polar surface area (TPSA) is 90.2 Å². The van der Waals surface area contributed by atoms with Gasteiger partial charge in [-0.3, -0.25) is 9.48 Å². The van der Waals surface area contributed by atoms with E-state index in [1.54, 1.807) is 12.1 Å². The predicted octanol–water partition coefficient (Wildman–Crippen LogP) is 2.14. The summed E-state index contributed by atoms with van der Waals surface area (Å²) in [7, 11) is 0. The Hall–Kier alpha value is -2.83. The quantitative estimate of drug-likeness (QED) is 0.735. The molecule has 1 aliphatic carbocycles. The fraction of sp³-hybridized carbons (Fsp3) is 0.389. The van der Waals surface area contributed by atoms with Crippen LogP contribution in [0.5, 0.6) is 0 Å². The second kappa shape index (κ2) is 5.34. The molecule has 25 heavy (non-hydrogen) atoms. The Morgan fingerprint density at radius 1 is 1.20 bits per heavy atom. The average molecular weight is 337 g/mol. The molecule has 2 aliphatic rings. The van der Waals surface area contributed by atoms with Crippen LogP contribution in [-0.4, -0.2) is 32.1 Å². The molecule has 0 radical (unpaired) electrons. The van der Waals surface area contributed by atoms with Gasteiger partial charge in [-0.25, -0.2) is 0 Å². The lowest BCUT2D eigenvalue weighted by atomic mass is 9.95. The highest BCUT2D eigenvalue weighted by molar-refractivity contribution is 6.04. The number of amides is 1. The molecule has 1 amide bonds. The summed E-state index contributed by atoms with van der Waals surface area (Å²) >= 11 is 0. The summed E-state index contributed by atoms with van der Waals surface area (Å²) in [5.41, 5.74) is 11.0. The second-order valence-electron chi connectivity index (χ2n) is 6.73. The van der Waals surface area contributed by atoms with Gasteiger partial charge in [0.2, 0.25) is 0 Å². The zero-order chi connectivity index (χ0) is 17.0. The maximum absolute atomic E-state index is 13.1. The standard InChI is InChI=1S/C18H19N5O2/c19-18-20-14-7-3-5-12(16(14)25-18)17(24)22-8-9-23-15(10-22)11-4-1-2-6-13(11)21-23/h3,5,7H,1-2,4,6,8-10H2,(H2,19,20). The van der Waals surface area contributed by atoms with Crippen molar-refractivity contribution in [3.63, 3.8) is 0 Å². The minimum Gasteiger partial charge on any atom is -0.423 e. The number of fused-ring (bicyclic) bond motifs is 4. The molecule has 0 saturated carbocycles. The largest absolute Gasteiger partial charge is 0.423 e. The molecular formula is C18H19N5O2. The van der Waals surface area contributed by atoms with Crippen molar-refractivity contribution < 1.29 is 9.21 Å². The third kappa shape index (κ3) is 2.22. The highest BCUT2D eigenvalue weighted by Crippen LogP contribution is 2.29. The lowest BCUT2D eigenvalue weighted by Gasteiger charge is -2.28. The fourth-order valence-corrected chi connectivity index (χ4v) is 3.99. The molecule has 0 fully saturated rings. The van der Waals surface area contributed by atoms with Crippen LogP contribution in [0.25, 0.3) is 11.1 Å². The molecule has 128 valence electrons. The Morgan fingerprint density at radius 3 is 3.00 bits per heavy atom. The van der Waals surface area contributed by atoms with E-state index < -0.39 is 0 Å². The van der Waals surface area contributed by atoms with Crippen molar-refractivity contribution in [2.45, 2.75) is 38.8 Å². The summed E-state index contributed by atoms with van der Waals surface area (Å²) in [5, 5.41) is 4.74. The van der Waals surface area contributed by atoms with Gasteiger partial charge in [0.15, 0.2) is 5.58 Å². The van der Waals surface area contributed by atoms with Gasteiger partial charge < -0.3 is 15.1 Å². The van der Waals surface area contributed by atoms with Gasteiger partial charge in [-0.05, 0) is 43.4 Å². The fourth-order valence-electron chi connectivity index (χ4n) is 3.99. The molecule has 0 atom stereocenters. The summed E-state index contributed by atoms with van der Waals surface area (Å²) in [6, 6.07) is 5.47. The smallest absolute Gasteiger partial charge is 0.293 e. The van der Waals surface area contributed by atoms with E-state index in [4.69, 9.17) is 15.2 Å². The third-order valence-corrected chi connectivity index (χ3v) is 5.21. The van der Waals surface area contributed by atoms with Gasteiger partial charge in [-0.1, -0.05) is 6.07 Å². The van der Waals surface area contributed by atoms with Gasteiger partial charge in [0, 0.05) is 6.54 Å². The third-order valence-electron chi connectivity index (χ3n) is 5.21. The Labute approximate surface area is 144 Å². The number of nitrogens with two attached hydrogens (primary N) is 1. The molecular weight excluding hydrogens is 318 g/mol. The number of aryl methyl sites for hydroxylation is 1. The predicted molar refractivity (Wildman–Crippen MR) is 92.0 cm³/mol. The normalized spacial score (nSPS) is 16.7. The van der Waals surface area contributed by atoms with Gasteiger partial charge >= 0.3 is 0 Å². The molecule has 3 heterocycles. The van der Waals surface area contributed by atoms with E-state index in [-0.39, 0.29) is 11.9 Å². The van der Waals surface area contributed by atoms with Crippen molar-refractivity contribution in [2.24, 2.45) is 0 Å². The molecule has 5 rings (SSSR count). The van der Waals surface area contributed by atoms with Crippen molar-refractivity contribution >= 4 is 23.0 Å². The van der Waals surface area contributed by atoms with Gasteiger partial charge in [0.05, 0.1) is 30.0 Å². The lowest BCUT2D eigenvalue weighted by molar-refractivity contribution is 0.0706. The van der Waals surface area contributed by atoms with Crippen molar-refractivity contribution in [3.05, 3.63) is 40.7 Å². The highest BCUT2D eigenvalue weighted by atomic mass is 16.4. The summed E-state index contributed by atoms with van der Waals surface area (Å²) < 4.78 is 7.55. The van der Waals surface area contributed by atoms with Crippen LogP contribution < -0.4 is 5.73 Å². The molecule has 1 aromatic carbocycles. The maximum Gasteiger partial charge on any atom is 0.293 e. The Morgan fingerprint density at radius 2 is 2.08 bits per heavy atom. The number of oxazole rings is 1. The van der Waals surface area contributed by atoms with Crippen LogP contribution in [0.1, 0.15) is 40.2 Å². The van der Waals surface area contributed by atoms with Gasteiger partial charge in [-0.15, -0.1) is 0 Å². The number of para-hydroxylation sites is 1. The summed E-state index contributed by atoms with van der Waals surface area (Å²) in [6.45, 7) is 1.98. The molecule has 0 spiro atoms. The van der Waals surface area contributed by atoms with Crippen molar-refractivity contribution in [1.29, 1.82) is 0 Å². The van der Waals surface area contributed by atoms with E-state index in [0.717, 1.165) is 19.4 Å². The Bertz CT molecular complexity index is 987. The number of hydrogen-bond acceptors (Lipinski definition) is 5. The number of hydrogen-bond donors (Lipinski definition) is 1. The second-order valence-corrected chi connectivity index (χ2v) is 6.73. The van der Waals surface area contributed by atoms with E-state index in [1.807, 2.05) is 11.0 Å². The molecule has 7 heteroatoms. The van der Waals surface area contributed by atoms with Crippen LogP contribution >= 0.6 is 0 Å². The SMILES string of the molecule is Nc1nc2cccc(C(=O)N3CCn4nc5c(c4C3)CCCC5)c2o1. The first-order valence-electron chi connectivity index (χ1n) is 8.72. The van der Waals surface area contributed by atoms with Crippen LogP contribution in [0.15, 0.2) is 22.6 Å². The van der Waals surface area contributed by atoms with Crippen LogP contribution in [0.2, 0.25) is 0 Å². The van der Waals surface area contributed by atoms with E-state index in [1.165, 1.54) is 29.8 Å². The van der Waals surface area contributed by atoms with Gasteiger partial charge in [-0.2, -0.15) is 10.1 Å².